The molecule has 0 atom stereocenters. The maximum Gasteiger partial charge on any atom is 0.255 e. The van der Waals surface area contributed by atoms with E-state index in [-0.39, 0.29) is 18.4 Å². The van der Waals surface area contributed by atoms with E-state index >= 15 is 0 Å². The van der Waals surface area contributed by atoms with Crippen molar-refractivity contribution in [2.75, 3.05) is 20.3 Å². The molecule has 0 saturated heterocycles. The Hall–Kier alpha value is -3.80. The summed E-state index contributed by atoms with van der Waals surface area (Å²) in [6, 6.07) is 24.9. The fourth-order valence-electron chi connectivity index (χ4n) is 3.17. The lowest BCUT2D eigenvalue weighted by molar-refractivity contribution is -0.119. The lowest BCUT2D eigenvalue weighted by atomic mass is 9.91. The Morgan fingerprint density at radius 2 is 1.50 bits per heavy atom. The summed E-state index contributed by atoms with van der Waals surface area (Å²) in [7, 11) is 1.47. The highest BCUT2D eigenvalue weighted by molar-refractivity contribution is 5.95. The first-order valence-electron chi connectivity index (χ1n) is 9.55. The minimum atomic E-state index is -0.591. The number of carbonyl (C=O) groups excluding carboxylic acids is 2. The van der Waals surface area contributed by atoms with Gasteiger partial charge >= 0.3 is 0 Å². The van der Waals surface area contributed by atoms with Crippen LogP contribution in [-0.2, 0) is 4.79 Å². The molecule has 30 heavy (non-hydrogen) atoms. The molecular formula is C24H24N2O4. The molecule has 3 N–H and O–H groups in total. The monoisotopic (exact) mass is 404 g/mol. The zero-order valence-electron chi connectivity index (χ0n) is 16.7. The summed E-state index contributed by atoms with van der Waals surface area (Å²) in [5, 5.41) is 3.01. The molecule has 0 aliphatic heterocycles. The molecule has 0 spiro atoms. The molecule has 0 unspecified atom stereocenters. The van der Waals surface area contributed by atoms with Crippen molar-refractivity contribution >= 4 is 11.8 Å². The van der Waals surface area contributed by atoms with Gasteiger partial charge in [0.15, 0.2) is 18.1 Å². The molecule has 3 rings (SSSR count). The van der Waals surface area contributed by atoms with Gasteiger partial charge in [0.2, 0.25) is 0 Å². The maximum absolute atomic E-state index is 12.8. The van der Waals surface area contributed by atoms with E-state index in [1.807, 2.05) is 36.4 Å². The van der Waals surface area contributed by atoms with Gasteiger partial charge in [-0.05, 0) is 29.3 Å². The lowest BCUT2D eigenvalue weighted by Crippen LogP contribution is -2.29. The van der Waals surface area contributed by atoms with Crippen molar-refractivity contribution < 1.29 is 19.1 Å². The number of ether oxygens (including phenoxy) is 2. The van der Waals surface area contributed by atoms with Gasteiger partial charge in [-0.3, -0.25) is 9.59 Å². The van der Waals surface area contributed by atoms with Crippen LogP contribution in [0, 0.1) is 0 Å². The summed E-state index contributed by atoms with van der Waals surface area (Å²) in [5.41, 5.74) is 7.78. The largest absolute Gasteiger partial charge is 0.493 e. The topological polar surface area (TPSA) is 90.7 Å². The third-order valence-electron chi connectivity index (χ3n) is 4.67. The van der Waals surface area contributed by atoms with Crippen LogP contribution in [0.25, 0.3) is 0 Å². The molecule has 6 nitrogen and oxygen atoms in total. The van der Waals surface area contributed by atoms with Crippen molar-refractivity contribution in [2.24, 2.45) is 5.73 Å². The quantitative estimate of drug-likeness (QED) is 0.573. The van der Waals surface area contributed by atoms with Gasteiger partial charge in [0.05, 0.1) is 7.11 Å². The van der Waals surface area contributed by atoms with Crippen molar-refractivity contribution in [1.82, 2.24) is 5.32 Å². The predicted octanol–water partition coefficient (Wildman–Crippen LogP) is 3.12. The highest BCUT2D eigenvalue weighted by Gasteiger charge is 2.17. The van der Waals surface area contributed by atoms with Crippen LogP contribution in [-0.4, -0.2) is 32.1 Å². The number of nitrogens with one attached hydrogen (secondary N) is 1. The van der Waals surface area contributed by atoms with E-state index in [9.17, 15) is 9.59 Å². The number of primary amides is 1. The molecule has 0 aromatic heterocycles. The first-order valence-corrected chi connectivity index (χ1v) is 9.55. The van der Waals surface area contributed by atoms with E-state index in [4.69, 9.17) is 15.2 Å². The van der Waals surface area contributed by atoms with Crippen LogP contribution in [0.4, 0.5) is 0 Å². The summed E-state index contributed by atoms with van der Waals surface area (Å²) in [6.45, 7) is 0.173. The van der Waals surface area contributed by atoms with Crippen LogP contribution >= 0.6 is 0 Å². The Kier molecular flexibility index (Phi) is 7.05. The van der Waals surface area contributed by atoms with Gasteiger partial charge in [-0.2, -0.15) is 0 Å². The highest BCUT2D eigenvalue weighted by Crippen LogP contribution is 2.28. The Balaban J connectivity index is 1.75. The normalized spacial score (nSPS) is 10.5. The lowest BCUT2D eigenvalue weighted by Gasteiger charge is -2.19. The zero-order valence-corrected chi connectivity index (χ0v) is 16.7. The Morgan fingerprint density at radius 1 is 0.900 bits per heavy atom. The number of amides is 2. The van der Waals surface area contributed by atoms with Gasteiger partial charge < -0.3 is 20.5 Å². The Bertz CT molecular complexity index is 951. The summed E-state index contributed by atoms with van der Waals surface area (Å²) >= 11 is 0. The second kappa shape index (κ2) is 10.1. The molecule has 0 bridgehead atoms. The maximum atomic E-state index is 12.8. The van der Waals surface area contributed by atoms with Crippen LogP contribution < -0.4 is 20.5 Å². The first kappa shape index (κ1) is 20.9. The molecule has 0 saturated carbocycles. The summed E-state index contributed by atoms with van der Waals surface area (Å²) in [5.74, 6) is -0.0966. The van der Waals surface area contributed by atoms with Crippen molar-refractivity contribution in [2.45, 2.75) is 5.92 Å². The highest BCUT2D eigenvalue weighted by atomic mass is 16.5. The van der Waals surface area contributed by atoms with Gasteiger partial charge in [0.25, 0.3) is 11.8 Å². The number of hydrogen-bond acceptors (Lipinski definition) is 4. The van der Waals surface area contributed by atoms with Crippen LogP contribution in [0.2, 0.25) is 0 Å². The number of carbonyl (C=O) groups is 2. The molecule has 2 amide bonds. The second-order valence-corrected chi connectivity index (χ2v) is 6.70. The molecule has 0 aliphatic carbocycles. The molecule has 6 heteroatoms. The van der Waals surface area contributed by atoms with Crippen molar-refractivity contribution in [3.63, 3.8) is 0 Å². The van der Waals surface area contributed by atoms with Crippen LogP contribution in [0.15, 0.2) is 78.9 Å². The number of benzene rings is 3. The molecule has 0 heterocycles. The summed E-state index contributed by atoms with van der Waals surface area (Å²) in [6.07, 6.45) is 0. The molecule has 154 valence electrons. The predicted molar refractivity (Wildman–Crippen MR) is 115 cm³/mol. The average Bonchev–Trinajstić information content (AvgIpc) is 2.79. The van der Waals surface area contributed by atoms with Crippen molar-refractivity contribution in [3.8, 4) is 11.5 Å². The molecule has 3 aromatic carbocycles. The van der Waals surface area contributed by atoms with E-state index in [0.29, 0.717) is 23.6 Å². The van der Waals surface area contributed by atoms with Crippen LogP contribution in [0.3, 0.4) is 0 Å². The van der Waals surface area contributed by atoms with Gasteiger partial charge in [-0.1, -0.05) is 60.7 Å². The fraction of sp³-hybridized carbons (Fsp3) is 0.167. The molecule has 0 aliphatic rings. The SMILES string of the molecule is COc1cc(C(=O)NCC(c2ccccc2)c2ccccc2)ccc1OCC(N)=O. The van der Waals surface area contributed by atoms with E-state index in [1.165, 1.54) is 7.11 Å². The van der Waals surface area contributed by atoms with Crippen molar-refractivity contribution in [3.05, 3.63) is 95.6 Å². The minimum Gasteiger partial charge on any atom is -0.493 e. The van der Waals surface area contributed by atoms with Crippen molar-refractivity contribution in [1.29, 1.82) is 0 Å². The van der Waals surface area contributed by atoms with Gasteiger partial charge in [0.1, 0.15) is 0 Å². The number of nitrogens with two attached hydrogens (primary N) is 1. The average molecular weight is 404 g/mol. The van der Waals surface area contributed by atoms with Gasteiger partial charge in [-0.15, -0.1) is 0 Å². The number of hydrogen-bond donors (Lipinski definition) is 2. The second-order valence-electron chi connectivity index (χ2n) is 6.70. The van der Waals surface area contributed by atoms with Crippen LogP contribution in [0.1, 0.15) is 27.4 Å². The first-order chi connectivity index (χ1) is 14.6. The van der Waals surface area contributed by atoms with Gasteiger partial charge in [-0.25, -0.2) is 0 Å². The fourth-order valence-corrected chi connectivity index (χ4v) is 3.17. The third kappa shape index (κ3) is 5.38. The molecule has 0 radical (unpaired) electrons. The molecule has 3 aromatic rings. The minimum absolute atomic E-state index is 0.0245. The molecule has 0 fully saturated rings. The Labute approximate surface area is 175 Å². The van der Waals surface area contributed by atoms with Gasteiger partial charge in [0, 0.05) is 18.0 Å². The standard InChI is InChI=1S/C24H24N2O4/c1-29-22-14-19(12-13-21(22)30-16-23(25)27)24(28)26-15-20(17-8-4-2-5-9-17)18-10-6-3-7-11-18/h2-14,20H,15-16H2,1H3,(H2,25,27)(H,26,28). The summed E-state index contributed by atoms with van der Waals surface area (Å²) < 4.78 is 10.6. The number of rotatable bonds is 9. The van der Waals surface area contributed by atoms with E-state index < -0.39 is 5.91 Å². The van der Waals surface area contributed by atoms with E-state index in [1.54, 1.807) is 18.2 Å². The van der Waals surface area contributed by atoms with E-state index in [0.717, 1.165) is 11.1 Å². The smallest absolute Gasteiger partial charge is 0.255 e. The van der Waals surface area contributed by atoms with E-state index in [2.05, 4.69) is 29.6 Å². The molecular weight excluding hydrogens is 380 g/mol. The number of methoxy groups -OCH3 is 1. The van der Waals surface area contributed by atoms with Crippen LogP contribution in [0.5, 0.6) is 11.5 Å². The zero-order chi connectivity index (χ0) is 21.3. The third-order valence-corrected chi connectivity index (χ3v) is 4.67. The Morgan fingerprint density at radius 3 is 2.03 bits per heavy atom. The summed E-state index contributed by atoms with van der Waals surface area (Å²) in [4.78, 5) is 23.7.